The Labute approximate surface area is 94.2 Å². The summed E-state index contributed by atoms with van der Waals surface area (Å²) < 4.78 is 0. The van der Waals surface area contributed by atoms with Crippen LogP contribution in [0.5, 0.6) is 0 Å². The Hall–Kier alpha value is -1.03. The van der Waals surface area contributed by atoms with Crippen LogP contribution in [0.4, 0.5) is 11.5 Å². The van der Waals surface area contributed by atoms with E-state index in [0.29, 0.717) is 28.0 Å². The lowest BCUT2D eigenvalue weighted by Gasteiger charge is -2.09. The summed E-state index contributed by atoms with van der Waals surface area (Å²) in [4.78, 5) is 7.85. The van der Waals surface area contributed by atoms with Crippen molar-refractivity contribution in [2.45, 2.75) is 20.3 Å². The molecule has 0 radical (unpaired) electrons. The average molecular weight is 227 g/mol. The Morgan fingerprint density at radius 2 is 2.27 bits per heavy atom. The zero-order valence-corrected chi connectivity index (χ0v) is 9.67. The molecule has 1 aromatic heterocycles. The van der Waals surface area contributed by atoms with E-state index in [0.717, 1.165) is 6.54 Å². The fourth-order valence-electron chi connectivity index (χ4n) is 1.66. The van der Waals surface area contributed by atoms with Crippen LogP contribution in [0.2, 0.25) is 5.15 Å². The summed E-state index contributed by atoms with van der Waals surface area (Å²) in [7, 11) is 0. The molecule has 1 saturated carbocycles. The van der Waals surface area contributed by atoms with Gasteiger partial charge >= 0.3 is 0 Å². The summed E-state index contributed by atoms with van der Waals surface area (Å²) in [5, 5.41) is 3.52. The molecule has 0 aliphatic heterocycles. The second-order valence-corrected chi connectivity index (χ2v) is 5.06. The third-order valence-electron chi connectivity index (χ3n) is 3.07. The van der Waals surface area contributed by atoms with Crippen molar-refractivity contribution >= 4 is 23.1 Å². The number of rotatable bonds is 3. The van der Waals surface area contributed by atoms with Crippen LogP contribution in [0.3, 0.4) is 0 Å². The molecular formula is C10H15ClN4. The molecule has 1 aliphatic rings. The zero-order valence-electron chi connectivity index (χ0n) is 8.92. The van der Waals surface area contributed by atoms with Crippen molar-refractivity contribution in [1.29, 1.82) is 0 Å². The molecule has 0 spiro atoms. The number of aromatic nitrogens is 2. The molecule has 0 aromatic carbocycles. The summed E-state index contributed by atoms with van der Waals surface area (Å²) in [6.07, 6.45) is 2.66. The van der Waals surface area contributed by atoms with Gasteiger partial charge < -0.3 is 11.1 Å². The molecule has 1 aliphatic carbocycles. The molecule has 5 heteroatoms. The normalized spacial score (nSPS) is 22.5. The van der Waals surface area contributed by atoms with Gasteiger partial charge in [-0.1, -0.05) is 25.4 Å². The van der Waals surface area contributed by atoms with Crippen molar-refractivity contribution in [3.05, 3.63) is 11.5 Å². The summed E-state index contributed by atoms with van der Waals surface area (Å²) in [5.41, 5.74) is 6.62. The number of nitrogen functional groups attached to an aromatic ring is 1. The predicted molar refractivity (Wildman–Crippen MR) is 61.8 cm³/mol. The van der Waals surface area contributed by atoms with Crippen molar-refractivity contribution < 1.29 is 0 Å². The van der Waals surface area contributed by atoms with Crippen LogP contribution in [0.25, 0.3) is 0 Å². The van der Waals surface area contributed by atoms with Gasteiger partial charge in [-0.2, -0.15) is 0 Å². The molecule has 1 fully saturated rings. The van der Waals surface area contributed by atoms with Crippen molar-refractivity contribution in [2.24, 2.45) is 11.3 Å². The molecule has 1 heterocycles. The molecule has 0 amide bonds. The minimum Gasteiger partial charge on any atom is -0.393 e. The van der Waals surface area contributed by atoms with Gasteiger partial charge in [0.2, 0.25) is 0 Å². The Morgan fingerprint density at radius 1 is 1.60 bits per heavy atom. The first-order valence-corrected chi connectivity index (χ1v) is 5.38. The SMILES string of the molecule is CC1(C)CC1CNc1ncnc(Cl)c1N. The summed E-state index contributed by atoms with van der Waals surface area (Å²) in [6, 6.07) is 0. The number of hydrogen-bond donors (Lipinski definition) is 2. The van der Waals surface area contributed by atoms with Crippen molar-refractivity contribution in [2.75, 3.05) is 17.6 Å². The monoisotopic (exact) mass is 226 g/mol. The minimum atomic E-state index is 0.308. The predicted octanol–water partition coefficient (Wildman–Crippen LogP) is 2.17. The number of nitrogens with two attached hydrogens (primary N) is 1. The molecule has 1 atom stereocenters. The van der Waals surface area contributed by atoms with E-state index in [-0.39, 0.29) is 0 Å². The fourth-order valence-corrected chi connectivity index (χ4v) is 1.79. The van der Waals surface area contributed by atoms with Gasteiger partial charge in [0.05, 0.1) is 0 Å². The largest absolute Gasteiger partial charge is 0.393 e. The van der Waals surface area contributed by atoms with Crippen molar-refractivity contribution in [3.8, 4) is 0 Å². The van der Waals surface area contributed by atoms with Crippen LogP contribution in [0.1, 0.15) is 20.3 Å². The molecular weight excluding hydrogens is 212 g/mol. The van der Waals surface area contributed by atoms with E-state index in [1.54, 1.807) is 0 Å². The van der Waals surface area contributed by atoms with E-state index in [9.17, 15) is 0 Å². The molecule has 2 rings (SSSR count). The Balaban J connectivity index is 1.97. The first-order valence-electron chi connectivity index (χ1n) is 5.00. The maximum absolute atomic E-state index is 5.78. The van der Waals surface area contributed by atoms with Crippen LogP contribution in [-0.4, -0.2) is 16.5 Å². The smallest absolute Gasteiger partial charge is 0.157 e. The molecule has 4 nitrogen and oxygen atoms in total. The maximum atomic E-state index is 5.78. The molecule has 1 aromatic rings. The van der Waals surface area contributed by atoms with E-state index in [4.69, 9.17) is 17.3 Å². The highest BCUT2D eigenvalue weighted by Crippen LogP contribution is 2.51. The molecule has 82 valence electrons. The van der Waals surface area contributed by atoms with Crippen molar-refractivity contribution in [1.82, 2.24) is 9.97 Å². The topological polar surface area (TPSA) is 63.8 Å². The van der Waals surface area contributed by atoms with Crippen molar-refractivity contribution in [3.63, 3.8) is 0 Å². The van der Waals surface area contributed by atoms with Crippen LogP contribution in [0, 0.1) is 11.3 Å². The van der Waals surface area contributed by atoms with E-state index < -0.39 is 0 Å². The number of nitrogens with one attached hydrogen (secondary N) is 1. The average Bonchev–Trinajstić information content (AvgIpc) is 2.77. The molecule has 0 bridgehead atoms. The fraction of sp³-hybridized carbons (Fsp3) is 0.600. The van der Waals surface area contributed by atoms with Gasteiger partial charge in [-0.3, -0.25) is 0 Å². The highest BCUT2D eigenvalue weighted by molar-refractivity contribution is 6.32. The first kappa shape index (κ1) is 10.5. The third kappa shape index (κ3) is 2.15. The lowest BCUT2D eigenvalue weighted by atomic mass is 10.1. The standard InChI is InChI=1S/C10H15ClN4/c1-10(2)3-6(10)4-13-9-7(12)8(11)14-5-15-9/h5-6H,3-4,12H2,1-2H3,(H,13,14,15). The second-order valence-electron chi connectivity index (χ2n) is 4.70. The highest BCUT2D eigenvalue weighted by Gasteiger charge is 2.45. The summed E-state index contributed by atoms with van der Waals surface area (Å²) in [6.45, 7) is 5.41. The van der Waals surface area contributed by atoms with Crippen LogP contribution >= 0.6 is 11.6 Å². The minimum absolute atomic E-state index is 0.308. The van der Waals surface area contributed by atoms with Gasteiger partial charge in [-0.25, -0.2) is 9.97 Å². The first-order chi connectivity index (χ1) is 7.00. The Kier molecular flexibility index (Phi) is 2.46. The van der Waals surface area contributed by atoms with E-state index in [1.165, 1.54) is 12.7 Å². The van der Waals surface area contributed by atoms with Gasteiger partial charge in [-0.05, 0) is 17.8 Å². The van der Waals surface area contributed by atoms with Crippen LogP contribution in [-0.2, 0) is 0 Å². The van der Waals surface area contributed by atoms with Crippen LogP contribution in [0.15, 0.2) is 6.33 Å². The molecule has 15 heavy (non-hydrogen) atoms. The van der Waals surface area contributed by atoms with Crippen LogP contribution < -0.4 is 11.1 Å². The van der Waals surface area contributed by atoms with E-state index in [2.05, 4.69) is 29.1 Å². The lowest BCUT2D eigenvalue weighted by molar-refractivity contribution is 0.573. The van der Waals surface area contributed by atoms with Gasteiger partial charge in [-0.15, -0.1) is 0 Å². The van der Waals surface area contributed by atoms with E-state index >= 15 is 0 Å². The summed E-state index contributed by atoms with van der Waals surface area (Å²) >= 11 is 5.78. The highest BCUT2D eigenvalue weighted by atomic mass is 35.5. The Morgan fingerprint density at radius 3 is 2.87 bits per heavy atom. The van der Waals surface area contributed by atoms with Gasteiger partial charge in [0, 0.05) is 6.54 Å². The Bertz CT molecular complexity index is 378. The number of nitrogens with zero attached hydrogens (tertiary/aromatic N) is 2. The summed E-state index contributed by atoms with van der Waals surface area (Å²) in [5.74, 6) is 1.34. The molecule has 3 N–H and O–H groups in total. The third-order valence-corrected chi connectivity index (χ3v) is 3.37. The maximum Gasteiger partial charge on any atom is 0.157 e. The second kappa shape index (κ2) is 3.52. The number of hydrogen-bond acceptors (Lipinski definition) is 4. The van der Waals surface area contributed by atoms with Gasteiger partial charge in [0.15, 0.2) is 11.0 Å². The lowest BCUT2D eigenvalue weighted by Crippen LogP contribution is -2.10. The molecule has 0 saturated heterocycles. The van der Waals surface area contributed by atoms with E-state index in [1.807, 2.05) is 0 Å². The van der Waals surface area contributed by atoms with Gasteiger partial charge in [0.25, 0.3) is 0 Å². The number of anilines is 2. The quantitative estimate of drug-likeness (QED) is 0.776. The number of halogens is 1. The van der Waals surface area contributed by atoms with Gasteiger partial charge in [0.1, 0.15) is 12.0 Å². The molecule has 1 unspecified atom stereocenters. The zero-order chi connectivity index (χ0) is 11.1.